The van der Waals surface area contributed by atoms with Gasteiger partial charge >= 0.3 is 18.1 Å². The second kappa shape index (κ2) is 43.3. The summed E-state index contributed by atoms with van der Waals surface area (Å²) in [4.78, 5) is 89.5. The van der Waals surface area contributed by atoms with E-state index in [9.17, 15) is 72.6 Å². The highest BCUT2D eigenvalue weighted by Gasteiger charge is 2.45. The Morgan fingerprint density at radius 3 is 1.40 bits per heavy atom. The number of nitrogens with zero attached hydrogens (tertiary/aromatic N) is 3. The number of halogens is 3. The van der Waals surface area contributed by atoms with Gasteiger partial charge in [0.15, 0.2) is 0 Å². The average molecular weight is 1760 g/mol. The molecule has 11 N–H and O–H groups in total. The van der Waals surface area contributed by atoms with Crippen LogP contribution in [0.4, 0.5) is 13.2 Å². The zero-order valence-corrected chi connectivity index (χ0v) is 71.4. The predicted octanol–water partition coefficient (Wildman–Crippen LogP) is 13.6. The van der Waals surface area contributed by atoms with Crippen LogP contribution in [0.5, 0.6) is 23.0 Å². The monoisotopic (exact) mass is 1760 g/mol. The number of aromatic amines is 2. The second-order valence-corrected chi connectivity index (χ2v) is 33.3. The number of hydrogen-bond donors (Lipinski definition) is 11. The molecule has 0 bridgehead atoms. The number of phenols is 2. The first kappa shape index (κ1) is 92.4. The summed E-state index contributed by atoms with van der Waals surface area (Å²) in [6, 6.07) is 73.7. The number of carbonyl (C=O) groups excluding carboxylic acids is 4. The third-order valence-corrected chi connectivity index (χ3v) is 24.3. The van der Waals surface area contributed by atoms with Gasteiger partial charge in [0.2, 0.25) is 22.3 Å². The number of aromatic hydroxyl groups is 2. The fourth-order valence-electron chi connectivity index (χ4n) is 16.9. The van der Waals surface area contributed by atoms with E-state index in [1.54, 1.807) is 115 Å². The molecular formula is C102H107F3N8O16. The number of H-pyrrole nitrogens is 2. The number of rotatable bonds is 34. The van der Waals surface area contributed by atoms with E-state index in [1.165, 1.54) is 59.7 Å². The lowest BCUT2D eigenvalue weighted by molar-refractivity contribution is -0.164. The molecule has 5 heterocycles. The van der Waals surface area contributed by atoms with Crippen LogP contribution in [-0.4, -0.2) is 164 Å². The van der Waals surface area contributed by atoms with E-state index in [0.29, 0.717) is 93.3 Å². The summed E-state index contributed by atoms with van der Waals surface area (Å²) in [6.07, 6.45) is -1.34. The first-order valence-corrected chi connectivity index (χ1v) is 43.7. The van der Waals surface area contributed by atoms with E-state index in [2.05, 4.69) is 72.1 Å². The summed E-state index contributed by atoms with van der Waals surface area (Å²) in [7, 11) is 0. The first-order valence-electron chi connectivity index (χ1n) is 43.7. The van der Waals surface area contributed by atoms with Crippen molar-refractivity contribution in [1.82, 2.24) is 40.6 Å². The van der Waals surface area contributed by atoms with Crippen molar-refractivity contribution in [2.75, 3.05) is 85.3 Å². The maximum Gasteiger partial charge on any atom is 0.416 e. The van der Waals surface area contributed by atoms with Crippen molar-refractivity contribution < 1.29 is 81.9 Å². The Hall–Kier alpha value is -12.8. The van der Waals surface area contributed by atoms with Crippen LogP contribution in [0.2, 0.25) is 0 Å². The van der Waals surface area contributed by atoms with Gasteiger partial charge in [0.1, 0.15) is 29.6 Å². The molecule has 2 aromatic heterocycles. The maximum absolute atomic E-state index is 14.2. The minimum Gasteiger partial charge on any atom is -0.506 e. The molecule has 0 unspecified atom stereocenters. The Bertz CT molecular complexity index is 5890. The fraction of sp³-hybridized carbons (Fsp3) is 0.314. The molecule has 27 heteroatoms. The Labute approximate surface area is 744 Å². The number of phenolic OH excluding ortho intramolecular Hbond substituents is 2. The molecule has 3 aliphatic rings. The number of benzene rings is 10. The van der Waals surface area contributed by atoms with E-state index in [0.717, 1.165) is 89.4 Å². The number of esters is 2. The van der Waals surface area contributed by atoms with Gasteiger partial charge in [0.25, 0.3) is 11.8 Å². The number of aliphatic hydroxyl groups excluding tert-OH is 2. The number of alkyl halides is 3. The lowest BCUT2D eigenvalue weighted by atomic mass is 9.86. The molecule has 0 saturated carbocycles. The van der Waals surface area contributed by atoms with Crippen molar-refractivity contribution >= 4 is 45.6 Å². The van der Waals surface area contributed by atoms with Gasteiger partial charge in [-0.25, -0.2) is 9.59 Å². The van der Waals surface area contributed by atoms with Crippen molar-refractivity contribution in [2.24, 2.45) is 17.8 Å². The Balaban J connectivity index is 0.000000208. The van der Waals surface area contributed by atoms with Gasteiger partial charge in [-0.1, -0.05) is 176 Å². The van der Waals surface area contributed by atoms with Crippen LogP contribution < -0.4 is 36.5 Å². The average Bonchev–Trinajstić information content (AvgIpc) is 0.773. The highest BCUT2D eigenvalue weighted by Crippen LogP contribution is 2.39. The number of ether oxygens (including phenoxy) is 4. The molecule has 672 valence electrons. The minimum absolute atomic E-state index is 0.0279. The van der Waals surface area contributed by atoms with E-state index in [1.807, 2.05) is 59.5 Å². The van der Waals surface area contributed by atoms with Crippen molar-refractivity contribution in [1.29, 1.82) is 0 Å². The van der Waals surface area contributed by atoms with Crippen LogP contribution in [-0.2, 0) is 62.7 Å². The fourth-order valence-corrected chi connectivity index (χ4v) is 16.9. The number of piperidine rings is 3. The second-order valence-electron chi connectivity index (χ2n) is 33.3. The van der Waals surface area contributed by atoms with Crippen molar-refractivity contribution in [2.45, 2.75) is 101 Å². The standard InChI is InChI=1S/C52H56N4O8.C50H51F3N4O8/c57-46-20-18-44(45-19-21-48(59)54-49(45)46)47(58)32-53-31-36-24-28-56(29-25-36)50(60)40-16-14-38(15-17-40)34-63-43-13-7-12-42(30-43)52(62,41-10-5-2-6-11-41)51(61)64-35-39-22-26-55(27-23-39)33-37-8-3-1-4-9-37;51-50(52,53)42-27-35(15-16-36(42)29-54-30-44(59)40-17-19-43(58)46-41(40)18-20-45(60)56-46)47(61)55-23-8-26-64-39-14-7-13-38(28-39)49(63,37-11-5-2-6-12-37)48(62)65-32-34-21-24-57(25-22-34)31-33-9-3-1-4-10-33/h1-21,30,36,39,47,53,57-58,62H,22-29,31-35H2,(H,54,59);1-7,9-20,27-28,34,44,54,58-59,63H,8,21-26,29-32H2,(H,55,61)(H,56,60)/t47-,52-;44-,49-/m00/s1. The topological polar surface area (TPSA) is 338 Å². The van der Waals surface area contributed by atoms with Gasteiger partial charge in [0, 0.05) is 97.5 Å². The maximum atomic E-state index is 14.2. The third-order valence-electron chi connectivity index (χ3n) is 24.3. The van der Waals surface area contributed by atoms with Gasteiger partial charge in [-0.05, 0) is 213 Å². The molecule has 3 saturated heterocycles. The zero-order valence-electron chi connectivity index (χ0n) is 71.4. The molecule has 2 amide bonds. The first-order chi connectivity index (χ1) is 62.4. The number of fused-ring (bicyclic) bond motifs is 2. The largest absolute Gasteiger partial charge is 0.506 e. The Kier molecular flexibility index (Phi) is 31.0. The zero-order chi connectivity index (χ0) is 90.4. The van der Waals surface area contributed by atoms with Crippen LogP contribution >= 0.6 is 0 Å². The molecule has 4 atom stereocenters. The molecule has 24 nitrogen and oxygen atoms in total. The molecule has 15 rings (SSSR count). The van der Waals surface area contributed by atoms with Gasteiger partial charge in [-0.2, -0.15) is 13.2 Å². The number of carbonyl (C=O) groups is 4. The summed E-state index contributed by atoms with van der Waals surface area (Å²) >= 11 is 0. The predicted molar refractivity (Wildman–Crippen MR) is 483 cm³/mol. The van der Waals surface area contributed by atoms with Gasteiger partial charge in [-0.3, -0.25) is 29.0 Å². The van der Waals surface area contributed by atoms with Crippen molar-refractivity contribution in [3.8, 4) is 23.0 Å². The van der Waals surface area contributed by atoms with Crippen molar-refractivity contribution in [3.05, 3.63) is 354 Å². The highest BCUT2D eigenvalue weighted by molar-refractivity contribution is 5.95. The number of hydrogen-bond acceptors (Lipinski definition) is 20. The summed E-state index contributed by atoms with van der Waals surface area (Å²) in [5.74, 6) is -0.977. The Morgan fingerprint density at radius 2 is 0.915 bits per heavy atom. The molecule has 12 aromatic rings. The normalized spacial score (nSPS) is 15.8. The van der Waals surface area contributed by atoms with Gasteiger partial charge < -0.3 is 80.4 Å². The highest BCUT2D eigenvalue weighted by atomic mass is 19.4. The van der Waals surface area contributed by atoms with Gasteiger partial charge in [0.05, 0.1) is 48.6 Å². The van der Waals surface area contributed by atoms with E-state index >= 15 is 0 Å². The van der Waals surface area contributed by atoms with Crippen molar-refractivity contribution in [3.63, 3.8) is 0 Å². The lowest BCUT2D eigenvalue weighted by Crippen LogP contribution is -2.41. The minimum atomic E-state index is -4.78. The summed E-state index contributed by atoms with van der Waals surface area (Å²) < 4.78 is 66.5. The number of nitrogens with one attached hydrogen (secondary N) is 5. The SMILES string of the molecule is O=C(NCCCOc1cccc([C@](O)(C(=O)OCC2CCN(Cc3ccccc3)CC2)c2ccccc2)c1)c1ccc(CNC[C@H](O)c2ccc(O)c3[nH]c(=O)ccc23)c(C(F)(F)F)c1.O=C(c1ccc(COc2cccc([C@](O)(C(=O)OCC3CCN(Cc4ccccc4)CC3)c3ccccc3)c2)cc1)N1CCC(CNC[C@H](O)c2ccc(O)c3[nH]c(=O)ccc23)CC1. The van der Waals surface area contributed by atoms with E-state index in [-0.39, 0.29) is 109 Å². The molecule has 0 aliphatic carbocycles. The van der Waals surface area contributed by atoms with Gasteiger partial charge in [-0.15, -0.1) is 0 Å². The quantitative estimate of drug-likeness (QED) is 0.0132. The van der Waals surface area contributed by atoms with Crippen LogP contribution in [0.15, 0.2) is 270 Å². The van der Waals surface area contributed by atoms with Crippen LogP contribution in [0.25, 0.3) is 21.8 Å². The third kappa shape index (κ3) is 23.8. The van der Waals surface area contributed by atoms with Crippen LogP contribution in [0.3, 0.4) is 0 Å². The van der Waals surface area contributed by atoms with E-state index in [4.69, 9.17) is 18.9 Å². The van der Waals surface area contributed by atoms with Crippen LogP contribution in [0, 0.1) is 17.8 Å². The molecule has 3 aliphatic heterocycles. The molecule has 0 spiro atoms. The lowest BCUT2D eigenvalue weighted by Gasteiger charge is -2.33. The number of aliphatic hydroxyl groups is 4. The molecular weight excluding hydrogens is 1650 g/mol. The number of aromatic nitrogens is 2. The van der Waals surface area contributed by atoms with Crippen LogP contribution in [0.1, 0.15) is 139 Å². The molecule has 10 aromatic carbocycles. The summed E-state index contributed by atoms with van der Waals surface area (Å²) in [5, 5.41) is 76.2. The smallest absolute Gasteiger partial charge is 0.416 e. The number of likely N-dealkylation sites (tertiary alicyclic amines) is 3. The molecule has 129 heavy (non-hydrogen) atoms. The Morgan fingerprint density at radius 1 is 0.465 bits per heavy atom. The summed E-state index contributed by atoms with van der Waals surface area (Å²) in [6.45, 7) is 7.96. The number of amides is 2. The van der Waals surface area contributed by atoms with E-state index < -0.39 is 58.6 Å². The molecule has 3 fully saturated rings. The molecule has 0 radical (unpaired) electrons. The summed E-state index contributed by atoms with van der Waals surface area (Å²) in [5.41, 5.74) is 0.435. The number of pyridine rings is 2.